The van der Waals surface area contributed by atoms with Gasteiger partial charge in [-0.05, 0) is 37.6 Å². The number of rotatable bonds is 4. The SMILES string of the molecule is Cc1ccc(Oc2ccccc2C(=O)CBr)c(C)c1. The number of carbonyl (C=O) groups excluding carboxylic acids is 1. The Morgan fingerprint density at radius 3 is 2.53 bits per heavy atom. The second-order valence-corrected chi connectivity index (χ2v) is 4.98. The zero-order valence-corrected chi connectivity index (χ0v) is 12.5. The van der Waals surface area contributed by atoms with Crippen LogP contribution in [0.15, 0.2) is 42.5 Å². The minimum atomic E-state index is 0.0142. The molecule has 0 heterocycles. The largest absolute Gasteiger partial charge is 0.456 e. The molecule has 0 aromatic heterocycles. The van der Waals surface area contributed by atoms with E-state index in [-0.39, 0.29) is 5.78 Å². The molecule has 19 heavy (non-hydrogen) atoms. The molecule has 0 aliphatic carbocycles. The fraction of sp³-hybridized carbons (Fsp3) is 0.188. The standard InChI is InChI=1S/C16H15BrO2/c1-11-7-8-15(12(2)9-11)19-16-6-4-3-5-13(16)14(18)10-17/h3-9H,10H2,1-2H3. The summed E-state index contributed by atoms with van der Waals surface area (Å²) in [6.07, 6.45) is 0. The van der Waals surface area contributed by atoms with E-state index in [1.165, 1.54) is 5.56 Å². The van der Waals surface area contributed by atoms with Crippen LogP contribution in [0.4, 0.5) is 0 Å². The Labute approximate surface area is 121 Å². The third kappa shape index (κ3) is 3.24. The van der Waals surface area contributed by atoms with Crippen molar-refractivity contribution in [2.45, 2.75) is 13.8 Å². The van der Waals surface area contributed by atoms with Crippen molar-refractivity contribution >= 4 is 21.7 Å². The first-order chi connectivity index (χ1) is 9.11. The molecule has 3 heteroatoms. The van der Waals surface area contributed by atoms with Gasteiger partial charge in [0.25, 0.3) is 0 Å². The number of Topliss-reactive ketones (excluding diaryl/α,β-unsaturated/α-hetero) is 1. The lowest BCUT2D eigenvalue weighted by atomic mass is 10.1. The van der Waals surface area contributed by atoms with Gasteiger partial charge < -0.3 is 4.74 Å². The molecule has 0 aliphatic rings. The van der Waals surface area contributed by atoms with Crippen LogP contribution in [0, 0.1) is 13.8 Å². The van der Waals surface area contributed by atoms with Gasteiger partial charge in [-0.1, -0.05) is 45.8 Å². The fourth-order valence-electron chi connectivity index (χ4n) is 1.89. The maximum atomic E-state index is 11.8. The van der Waals surface area contributed by atoms with Gasteiger partial charge in [0, 0.05) is 0 Å². The number of halogens is 1. The summed E-state index contributed by atoms with van der Waals surface area (Å²) >= 11 is 3.19. The lowest BCUT2D eigenvalue weighted by Gasteiger charge is -2.12. The van der Waals surface area contributed by atoms with Crippen molar-refractivity contribution < 1.29 is 9.53 Å². The second kappa shape index (κ2) is 6.02. The molecule has 0 aliphatic heterocycles. The fourth-order valence-corrected chi connectivity index (χ4v) is 2.19. The average Bonchev–Trinajstić information content (AvgIpc) is 2.41. The van der Waals surface area contributed by atoms with Crippen molar-refractivity contribution in [1.82, 2.24) is 0 Å². The molecule has 0 unspecified atom stereocenters. The minimum absolute atomic E-state index is 0.0142. The van der Waals surface area contributed by atoms with E-state index in [2.05, 4.69) is 22.0 Å². The van der Waals surface area contributed by atoms with Gasteiger partial charge in [0.15, 0.2) is 5.78 Å². The Morgan fingerprint density at radius 2 is 1.84 bits per heavy atom. The van der Waals surface area contributed by atoms with E-state index in [0.29, 0.717) is 16.6 Å². The summed E-state index contributed by atoms with van der Waals surface area (Å²) in [5.41, 5.74) is 2.84. The Bertz CT molecular complexity index is 605. The molecule has 2 aromatic carbocycles. The van der Waals surface area contributed by atoms with Crippen molar-refractivity contribution in [3.05, 3.63) is 59.2 Å². The van der Waals surface area contributed by atoms with Crippen LogP contribution in [0.2, 0.25) is 0 Å². The van der Waals surface area contributed by atoms with Crippen molar-refractivity contribution in [3.63, 3.8) is 0 Å². The normalized spacial score (nSPS) is 10.3. The van der Waals surface area contributed by atoms with Crippen molar-refractivity contribution in [3.8, 4) is 11.5 Å². The maximum absolute atomic E-state index is 11.8. The molecular weight excluding hydrogens is 304 g/mol. The molecule has 0 fully saturated rings. The number of para-hydroxylation sites is 1. The van der Waals surface area contributed by atoms with E-state index in [1.807, 2.05) is 44.2 Å². The van der Waals surface area contributed by atoms with Crippen LogP contribution in [-0.2, 0) is 0 Å². The van der Waals surface area contributed by atoms with Gasteiger partial charge in [0.1, 0.15) is 11.5 Å². The zero-order chi connectivity index (χ0) is 13.8. The summed E-state index contributed by atoms with van der Waals surface area (Å²) in [5.74, 6) is 1.39. The first-order valence-corrected chi connectivity index (χ1v) is 7.17. The molecule has 0 amide bonds. The Kier molecular flexibility index (Phi) is 4.38. The third-order valence-corrected chi connectivity index (χ3v) is 3.37. The Morgan fingerprint density at radius 1 is 1.11 bits per heavy atom. The van der Waals surface area contributed by atoms with E-state index in [9.17, 15) is 4.79 Å². The van der Waals surface area contributed by atoms with Gasteiger partial charge in [0.2, 0.25) is 0 Å². The maximum Gasteiger partial charge on any atom is 0.177 e. The van der Waals surface area contributed by atoms with Crippen LogP contribution in [0.25, 0.3) is 0 Å². The lowest BCUT2D eigenvalue weighted by molar-refractivity contribution is 0.102. The molecule has 0 N–H and O–H groups in total. The number of ketones is 1. The number of hydrogen-bond acceptors (Lipinski definition) is 2. The molecule has 2 nitrogen and oxygen atoms in total. The molecule has 2 rings (SSSR count). The molecule has 0 radical (unpaired) electrons. The summed E-state index contributed by atoms with van der Waals surface area (Å²) in [6, 6.07) is 13.3. The molecule has 0 spiro atoms. The number of carbonyl (C=O) groups is 1. The minimum Gasteiger partial charge on any atom is -0.456 e. The highest BCUT2D eigenvalue weighted by Crippen LogP contribution is 2.28. The van der Waals surface area contributed by atoms with E-state index < -0.39 is 0 Å². The summed E-state index contributed by atoms with van der Waals surface area (Å²) in [7, 11) is 0. The first-order valence-electron chi connectivity index (χ1n) is 6.05. The molecule has 0 saturated heterocycles. The third-order valence-electron chi connectivity index (χ3n) is 2.86. The summed E-state index contributed by atoms with van der Waals surface area (Å²) in [6.45, 7) is 4.04. The van der Waals surface area contributed by atoms with Crippen molar-refractivity contribution in [1.29, 1.82) is 0 Å². The predicted molar refractivity (Wildman–Crippen MR) is 80.6 cm³/mol. The molecule has 0 saturated carbocycles. The van der Waals surface area contributed by atoms with Gasteiger partial charge in [-0.2, -0.15) is 0 Å². The number of hydrogen-bond donors (Lipinski definition) is 0. The predicted octanol–water partition coefficient (Wildman–Crippen LogP) is 4.67. The van der Waals surface area contributed by atoms with Gasteiger partial charge in [-0.15, -0.1) is 0 Å². The highest BCUT2D eigenvalue weighted by Gasteiger charge is 2.12. The summed E-state index contributed by atoms with van der Waals surface area (Å²) in [5, 5.41) is 0.292. The lowest BCUT2D eigenvalue weighted by Crippen LogP contribution is -2.02. The first kappa shape index (κ1) is 13.8. The highest BCUT2D eigenvalue weighted by atomic mass is 79.9. The number of ether oxygens (including phenoxy) is 1. The van der Waals surface area contributed by atoms with Gasteiger partial charge in [0.05, 0.1) is 10.9 Å². The van der Waals surface area contributed by atoms with Crippen LogP contribution in [-0.4, -0.2) is 11.1 Å². The van der Waals surface area contributed by atoms with E-state index in [4.69, 9.17) is 4.74 Å². The topological polar surface area (TPSA) is 26.3 Å². The van der Waals surface area contributed by atoms with E-state index >= 15 is 0 Å². The molecule has 0 atom stereocenters. The van der Waals surface area contributed by atoms with Crippen LogP contribution >= 0.6 is 15.9 Å². The van der Waals surface area contributed by atoms with Gasteiger partial charge in [-0.25, -0.2) is 0 Å². The van der Waals surface area contributed by atoms with Crippen LogP contribution in [0.5, 0.6) is 11.5 Å². The van der Waals surface area contributed by atoms with Crippen LogP contribution < -0.4 is 4.74 Å². The molecule has 0 bridgehead atoms. The number of benzene rings is 2. The molecular formula is C16H15BrO2. The van der Waals surface area contributed by atoms with Crippen LogP contribution in [0.1, 0.15) is 21.5 Å². The second-order valence-electron chi connectivity index (χ2n) is 4.42. The Hall–Kier alpha value is -1.61. The summed E-state index contributed by atoms with van der Waals surface area (Å²) < 4.78 is 5.88. The monoisotopic (exact) mass is 318 g/mol. The zero-order valence-electron chi connectivity index (χ0n) is 10.9. The van der Waals surface area contributed by atoms with E-state index in [0.717, 1.165) is 11.3 Å². The smallest absolute Gasteiger partial charge is 0.177 e. The van der Waals surface area contributed by atoms with Gasteiger partial charge >= 0.3 is 0 Å². The number of aryl methyl sites for hydroxylation is 2. The van der Waals surface area contributed by atoms with Gasteiger partial charge in [-0.3, -0.25) is 4.79 Å². The summed E-state index contributed by atoms with van der Waals surface area (Å²) in [4.78, 5) is 11.8. The van der Waals surface area contributed by atoms with Crippen molar-refractivity contribution in [2.75, 3.05) is 5.33 Å². The highest BCUT2D eigenvalue weighted by molar-refractivity contribution is 9.09. The van der Waals surface area contributed by atoms with Crippen molar-refractivity contribution in [2.24, 2.45) is 0 Å². The molecule has 98 valence electrons. The van der Waals surface area contributed by atoms with Crippen LogP contribution in [0.3, 0.4) is 0 Å². The van der Waals surface area contributed by atoms with E-state index in [1.54, 1.807) is 6.07 Å². The quantitative estimate of drug-likeness (QED) is 0.604. The Balaban J connectivity index is 2.35. The average molecular weight is 319 g/mol. The number of alkyl halides is 1. The molecule has 2 aromatic rings.